The molecule has 2 heterocycles. The maximum Gasteiger partial charge on any atom is 0.169 e. The predicted octanol–water partition coefficient (Wildman–Crippen LogP) is 0.394. The van der Waals surface area contributed by atoms with E-state index in [1.54, 1.807) is 12.3 Å². The van der Waals surface area contributed by atoms with E-state index >= 15 is 0 Å². The second-order valence-electron chi connectivity index (χ2n) is 4.04. The van der Waals surface area contributed by atoms with Gasteiger partial charge in [-0.3, -0.25) is 0 Å². The summed E-state index contributed by atoms with van der Waals surface area (Å²) in [5, 5.41) is 20.1. The smallest absolute Gasteiger partial charge is 0.169 e. The Morgan fingerprint density at radius 1 is 1.69 bits per heavy atom. The summed E-state index contributed by atoms with van der Waals surface area (Å²) in [6.45, 7) is 2.92. The lowest BCUT2D eigenvalue weighted by atomic mass is 10.1. The van der Waals surface area contributed by atoms with Crippen molar-refractivity contribution in [3.63, 3.8) is 0 Å². The molecule has 0 aliphatic carbocycles. The van der Waals surface area contributed by atoms with E-state index in [1.165, 1.54) is 0 Å². The lowest BCUT2D eigenvalue weighted by molar-refractivity contribution is 0.548. The number of anilines is 1. The highest BCUT2D eigenvalue weighted by molar-refractivity contribution is 5.53. The summed E-state index contributed by atoms with van der Waals surface area (Å²) in [5.41, 5.74) is 0.611. The number of hydrogen-bond donors (Lipinski definition) is 1. The molecule has 0 bridgehead atoms. The summed E-state index contributed by atoms with van der Waals surface area (Å²) in [5.74, 6) is 1.36. The Hall–Kier alpha value is -1.67. The summed E-state index contributed by atoms with van der Waals surface area (Å²) < 4.78 is 0. The summed E-state index contributed by atoms with van der Waals surface area (Å²) in [4.78, 5) is 2.15. The first kappa shape index (κ1) is 10.8. The molecule has 0 amide bonds. The van der Waals surface area contributed by atoms with Crippen LogP contribution in [0.15, 0.2) is 12.3 Å². The van der Waals surface area contributed by atoms with Gasteiger partial charge in [-0.15, -0.1) is 5.10 Å². The Balaban J connectivity index is 2.12. The minimum absolute atomic E-state index is 0.611. The van der Waals surface area contributed by atoms with E-state index in [2.05, 4.69) is 26.5 Å². The Morgan fingerprint density at radius 3 is 3.31 bits per heavy atom. The average molecular weight is 217 g/mol. The van der Waals surface area contributed by atoms with Gasteiger partial charge in [0.05, 0.1) is 11.8 Å². The molecule has 5 nitrogen and oxygen atoms in total. The lowest BCUT2D eigenvalue weighted by Gasteiger charge is -2.17. The number of rotatable bonds is 3. The molecule has 1 N–H and O–H groups in total. The number of aromatic nitrogens is 2. The minimum atomic E-state index is 0.611. The molecule has 1 aliphatic rings. The van der Waals surface area contributed by atoms with Gasteiger partial charge in [0.15, 0.2) is 5.82 Å². The zero-order valence-electron chi connectivity index (χ0n) is 9.35. The molecule has 1 unspecified atom stereocenters. The van der Waals surface area contributed by atoms with Crippen LogP contribution in [0.25, 0.3) is 0 Å². The number of nitrogens with zero attached hydrogens (tertiary/aromatic N) is 4. The normalized spacial score (nSPS) is 19.8. The Kier molecular flexibility index (Phi) is 3.32. The second kappa shape index (κ2) is 4.90. The molecule has 1 atom stereocenters. The van der Waals surface area contributed by atoms with Gasteiger partial charge < -0.3 is 10.2 Å². The van der Waals surface area contributed by atoms with Crippen molar-refractivity contribution in [1.82, 2.24) is 15.5 Å². The van der Waals surface area contributed by atoms with Crippen LogP contribution in [0.4, 0.5) is 5.82 Å². The van der Waals surface area contributed by atoms with E-state index in [1.807, 2.05) is 7.05 Å². The van der Waals surface area contributed by atoms with E-state index in [0.29, 0.717) is 11.5 Å². The van der Waals surface area contributed by atoms with Crippen molar-refractivity contribution >= 4 is 5.82 Å². The highest BCUT2D eigenvalue weighted by atomic mass is 15.3. The maximum atomic E-state index is 8.99. The van der Waals surface area contributed by atoms with Crippen molar-refractivity contribution in [1.29, 1.82) is 5.26 Å². The first-order chi connectivity index (χ1) is 7.85. The molecule has 84 valence electrons. The third-order valence-corrected chi connectivity index (χ3v) is 2.90. The fraction of sp³-hybridized carbons (Fsp3) is 0.545. The van der Waals surface area contributed by atoms with Gasteiger partial charge in [0.25, 0.3) is 0 Å². The van der Waals surface area contributed by atoms with Crippen LogP contribution in [-0.2, 0) is 0 Å². The highest BCUT2D eigenvalue weighted by Gasteiger charge is 2.24. The average Bonchev–Trinajstić information content (AvgIpc) is 2.78. The Morgan fingerprint density at radius 2 is 2.56 bits per heavy atom. The maximum absolute atomic E-state index is 8.99. The van der Waals surface area contributed by atoms with Crippen LogP contribution in [0, 0.1) is 17.2 Å². The van der Waals surface area contributed by atoms with Crippen molar-refractivity contribution in [2.45, 2.75) is 6.42 Å². The molecule has 1 fully saturated rings. The second-order valence-corrected chi connectivity index (χ2v) is 4.04. The molecule has 1 aromatic heterocycles. The highest BCUT2D eigenvalue weighted by Crippen LogP contribution is 2.23. The largest absolute Gasteiger partial charge is 0.354 e. The number of hydrogen-bond acceptors (Lipinski definition) is 5. The van der Waals surface area contributed by atoms with Gasteiger partial charge in [-0.2, -0.15) is 10.4 Å². The molecule has 1 aliphatic heterocycles. The van der Waals surface area contributed by atoms with Gasteiger partial charge >= 0.3 is 0 Å². The van der Waals surface area contributed by atoms with Gasteiger partial charge in [0.1, 0.15) is 6.07 Å². The van der Waals surface area contributed by atoms with Gasteiger partial charge in [-0.1, -0.05) is 0 Å². The quantitative estimate of drug-likeness (QED) is 0.793. The molecule has 0 saturated carbocycles. The monoisotopic (exact) mass is 217 g/mol. The SMILES string of the molecule is CNCC1CCN(c2nnccc2C#N)C1. The fourth-order valence-electron chi connectivity index (χ4n) is 2.13. The first-order valence-corrected chi connectivity index (χ1v) is 5.46. The van der Waals surface area contributed by atoms with Gasteiger partial charge in [0, 0.05) is 13.1 Å². The van der Waals surface area contributed by atoms with Gasteiger partial charge in [-0.05, 0) is 32.0 Å². The zero-order valence-corrected chi connectivity index (χ0v) is 9.35. The zero-order chi connectivity index (χ0) is 11.4. The predicted molar refractivity (Wildman–Crippen MR) is 61.0 cm³/mol. The van der Waals surface area contributed by atoms with Crippen LogP contribution in [-0.4, -0.2) is 36.9 Å². The van der Waals surface area contributed by atoms with Crippen LogP contribution in [0.5, 0.6) is 0 Å². The van der Waals surface area contributed by atoms with Crippen molar-refractivity contribution in [3.05, 3.63) is 17.8 Å². The molecular weight excluding hydrogens is 202 g/mol. The van der Waals surface area contributed by atoms with Crippen molar-refractivity contribution in [2.24, 2.45) is 5.92 Å². The van der Waals surface area contributed by atoms with Crippen molar-refractivity contribution < 1.29 is 0 Å². The minimum Gasteiger partial charge on any atom is -0.354 e. The summed E-state index contributed by atoms with van der Waals surface area (Å²) >= 11 is 0. The van der Waals surface area contributed by atoms with Crippen LogP contribution >= 0.6 is 0 Å². The van der Waals surface area contributed by atoms with E-state index < -0.39 is 0 Å². The molecule has 0 radical (unpaired) electrons. The topological polar surface area (TPSA) is 64.8 Å². The molecule has 1 saturated heterocycles. The van der Waals surface area contributed by atoms with Crippen LogP contribution in [0.3, 0.4) is 0 Å². The molecule has 0 spiro atoms. The molecule has 2 rings (SSSR count). The van der Waals surface area contributed by atoms with Crippen molar-refractivity contribution in [3.8, 4) is 6.07 Å². The standard InChI is InChI=1S/C11H15N5/c1-13-7-9-3-5-16(8-9)11-10(6-12)2-4-14-15-11/h2,4,9,13H,3,5,7-8H2,1H3. The summed E-state index contributed by atoms with van der Waals surface area (Å²) in [6, 6.07) is 3.88. The first-order valence-electron chi connectivity index (χ1n) is 5.46. The molecule has 5 heteroatoms. The van der Waals surface area contributed by atoms with Crippen molar-refractivity contribution in [2.75, 3.05) is 31.6 Å². The molecule has 1 aromatic rings. The van der Waals surface area contributed by atoms with Crippen LogP contribution < -0.4 is 10.2 Å². The van der Waals surface area contributed by atoms with E-state index in [9.17, 15) is 0 Å². The molecule has 0 aromatic carbocycles. The van der Waals surface area contributed by atoms with Crippen LogP contribution in [0.2, 0.25) is 0 Å². The molecular formula is C11H15N5. The van der Waals surface area contributed by atoms with E-state index in [-0.39, 0.29) is 0 Å². The number of nitrogens with one attached hydrogen (secondary N) is 1. The van der Waals surface area contributed by atoms with Gasteiger partial charge in [0.2, 0.25) is 0 Å². The third kappa shape index (κ3) is 2.12. The summed E-state index contributed by atoms with van der Waals surface area (Å²) in [7, 11) is 1.96. The third-order valence-electron chi connectivity index (χ3n) is 2.90. The Bertz CT molecular complexity index is 398. The number of nitriles is 1. The molecule has 16 heavy (non-hydrogen) atoms. The van der Waals surface area contributed by atoms with E-state index in [4.69, 9.17) is 5.26 Å². The lowest BCUT2D eigenvalue weighted by Crippen LogP contribution is -2.25. The van der Waals surface area contributed by atoms with Crippen LogP contribution in [0.1, 0.15) is 12.0 Å². The van der Waals surface area contributed by atoms with E-state index in [0.717, 1.165) is 31.9 Å². The van der Waals surface area contributed by atoms with Gasteiger partial charge in [-0.25, -0.2) is 0 Å². The summed E-state index contributed by atoms with van der Waals surface area (Å²) in [6.07, 6.45) is 2.70. The Labute approximate surface area is 95.1 Å². The fourth-order valence-corrected chi connectivity index (χ4v) is 2.13.